The van der Waals surface area contributed by atoms with Crippen LogP contribution in [0.4, 0.5) is 4.39 Å². The number of allylic oxidation sites excluding steroid dienone is 1. The zero-order valence-corrected chi connectivity index (χ0v) is 16.3. The SMILES string of the molecule is O=c1c(I)c(CCl)n2c3c(cc(F)cc13)CC2=COC1CCCCO1. The van der Waals surface area contributed by atoms with Gasteiger partial charge in [0.2, 0.25) is 5.43 Å². The van der Waals surface area contributed by atoms with Crippen molar-refractivity contribution in [2.24, 2.45) is 0 Å². The minimum Gasteiger partial charge on any atom is -0.471 e. The summed E-state index contributed by atoms with van der Waals surface area (Å²) in [5.41, 5.74) is 2.87. The van der Waals surface area contributed by atoms with E-state index in [4.69, 9.17) is 21.1 Å². The average molecular weight is 476 g/mol. The van der Waals surface area contributed by atoms with Crippen LogP contribution in [0.1, 0.15) is 30.5 Å². The van der Waals surface area contributed by atoms with Gasteiger partial charge in [-0.15, -0.1) is 11.6 Å². The first kappa shape index (κ1) is 17.3. The van der Waals surface area contributed by atoms with E-state index in [0.29, 0.717) is 27.7 Å². The molecular formula is C18H16ClFINO3. The number of aromatic nitrogens is 1. The minimum absolute atomic E-state index is 0.180. The molecule has 0 N–H and O–H groups in total. The van der Waals surface area contributed by atoms with Crippen molar-refractivity contribution < 1.29 is 13.9 Å². The van der Waals surface area contributed by atoms with Crippen LogP contribution in [-0.2, 0) is 21.8 Å². The molecule has 2 aromatic rings. The van der Waals surface area contributed by atoms with Gasteiger partial charge in [-0.2, -0.15) is 0 Å². The van der Waals surface area contributed by atoms with Crippen molar-refractivity contribution in [1.29, 1.82) is 0 Å². The van der Waals surface area contributed by atoms with Crippen molar-refractivity contribution in [3.05, 3.63) is 49.3 Å². The number of alkyl halides is 1. The molecule has 1 saturated heterocycles. The third kappa shape index (κ3) is 2.98. The minimum atomic E-state index is -0.404. The Labute approximate surface area is 162 Å². The van der Waals surface area contributed by atoms with Gasteiger partial charge >= 0.3 is 0 Å². The van der Waals surface area contributed by atoms with Gasteiger partial charge in [-0.3, -0.25) is 4.79 Å². The summed E-state index contributed by atoms with van der Waals surface area (Å²) in [6.45, 7) is 0.701. The molecule has 3 heterocycles. The molecule has 1 atom stereocenters. The lowest BCUT2D eigenvalue weighted by Crippen LogP contribution is -2.21. The Morgan fingerprint density at radius 1 is 1.44 bits per heavy atom. The molecule has 4 rings (SSSR count). The molecule has 0 spiro atoms. The lowest BCUT2D eigenvalue weighted by molar-refractivity contribution is -0.129. The number of hydrogen-bond donors (Lipinski definition) is 0. The molecule has 2 aliphatic heterocycles. The van der Waals surface area contributed by atoms with Crippen LogP contribution in [0.15, 0.2) is 23.2 Å². The van der Waals surface area contributed by atoms with Crippen LogP contribution >= 0.6 is 34.2 Å². The van der Waals surface area contributed by atoms with E-state index in [9.17, 15) is 9.18 Å². The maximum Gasteiger partial charge on any atom is 0.203 e. The molecule has 4 nitrogen and oxygen atoms in total. The predicted molar refractivity (Wildman–Crippen MR) is 103 cm³/mol. The zero-order chi connectivity index (χ0) is 17.6. The largest absolute Gasteiger partial charge is 0.471 e. The van der Waals surface area contributed by atoms with Gasteiger partial charge in [0.15, 0.2) is 6.29 Å². The highest BCUT2D eigenvalue weighted by atomic mass is 127. The summed E-state index contributed by atoms with van der Waals surface area (Å²) in [6, 6.07) is 2.77. The Morgan fingerprint density at radius 2 is 2.28 bits per heavy atom. The standard InChI is InChI=1S/C18H16ClFINO3/c19-8-14-16(21)18(23)13-7-11(20)5-10-6-12(22(14)17(10)13)9-25-15-3-1-2-4-24-15/h5,7,9,15H,1-4,6,8H2. The third-order valence-corrected chi connectivity index (χ3v) is 5.99. The summed E-state index contributed by atoms with van der Waals surface area (Å²) in [4.78, 5) is 12.6. The molecule has 0 saturated carbocycles. The van der Waals surface area contributed by atoms with Gasteiger partial charge in [-0.25, -0.2) is 4.39 Å². The number of pyridine rings is 1. The molecule has 0 aliphatic carbocycles. The van der Waals surface area contributed by atoms with Crippen LogP contribution in [0.25, 0.3) is 16.6 Å². The van der Waals surface area contributed by atoms with E-state index >= 15 is 0 Å². The summed E-state index contributed by atoms with van der Waals surface area (Å²) in [6.07, 6.45) is 4.89. The monoisotopic (exact) mass is 475 g/mol. The van der Waals surface area contributed by atoms with Crippen molar-refractivity contribution in [2.45, 2.75) is 37.9 Å². The molecule has 132 valence electrons. The van der Waals surface area contributed by atoms with Gasteiger partial charge in [0, 0.05) is 12.8 Å². The number of hydrogen-bond acceptors (Lipinski definition) is 3. The molecule has 1 aromatic heterocycles. The van der Waals surface area contributed by atoms with Gasteiger partial charge in [-0.1, -0.05) is 0 Å². The summed E-state index contributed by atoms with van der Waals surface area (Å²) >= 11 is 8.11. The Balaban J connectivity index is 1.85. The predicted octanol–water partition coefficient (Wildman–Crippen LogP) is 4.38. The number of ether oxygens (including phenoxy) is 2. The van der Waals surface area contributed by atoms with Crippen LogP contribution in [0, 0.1) is 9.39 Å². The highest BCUT2D eigenvalue weighted by molar-refractivity contribution is 14.1. The topological polar surface area (TPSA) is 40.5 Å². The lowest BCUT2D eigenvalue weighted by atomic mass is 10.1. The fourth-order valence-corrected chi connectivity index (χ4v) is 4.69. The molecular weight excluding hydrogens is 460 g/mol. The fraction of sp³-hybridized carbons (Fsp3) is 0.389. The molecule has 1 aromatic carbocycles. The molecule has 25 heavy (non-hydrogen) atoms. The number of nitrogens with zero attached hydrogens (tertiary/aromatic N) is 1. The van der Waals surface area contributed by atoms with Crippen LogP contribution in [0.5, 0.6) is 0 Å². The lowest BCUT2D eigenvalue weighted by Gasteiger charge is -2.22. The van der Waals surface area contributed by atoms with E-state index in [2.05, 4.69) is 0 Å². The second-order valence-electron chi connectivity index (χ2n) is 6.24. The van der Waals surface area contributed by atoms with Gasteiger partial charge in [0.05, 0.1) is 38.4 Å². The molecule has 0 radical (unpaired) electrons. The van der Waals surface area contributed by atoms with E-state index in [1.807, 2.05) is 27.2 Å². The smallest absolute Gasteiger partial charge is 0.203 e. The first-order valence-electron chi connectivity index (χ1n) is 8.18. The summed E-state index contributed by atoms with van der Waals surface area (Å²) in [5.74, 6) is -0.212. The number of rotatable bonds is 3. The maximum atomic E-state index is 14.0. The maximum absolute atomic E-state index is 14.0. The molecule has 1 unspecified atom stereocenters. The van der Waals surface area contributed by atoms with Crippen LogP contribution < -0.4 is 5.43 Å². The van der Waals surface area contributed by atoms with E-state index < -0.39 is 5.82 Å². The second-order valence-corrected chi connectivity index (χ2v) is 7.58. The fourth-order valence-electron chi connectivity index (χ4n) is 3.49. The van der Waals surface area contributed by atoms with Crippen molar-refractivity contribution in [3.63, 3.8) is 0 Å². The first-order chi connectivity index (χ1) is 12.1. The highest BCUT2D eigenvalue weighted by Crippen LogP contribution is 2.35. The van der Waals surface area contributed by atoms with Crippen molar-refractivity contribution in [3.8, 4) is 0 Å². The van der Waals surface area contributed by atoms with Gasteiger partial charge in [0.1, 0.15) is 12.1 Å². The van der Waals surface area contributed by atoms with E-state index in [1.54, 1.807) is 6.26 Å². The molecule has 2 aliphatic rings. The van der Waals surface area contributed by atoms with Gasteiger partial charge in [0.25, 0.3) is 0 Å². The first-order valence-corrected chi connectivity index (χ1v) is 9.79. The van der Waals surface area contributed by atoms with Crippen LogP contribution in [0.2, 0.25) is 0 Å². The van der Waals surface area contributed by atoms with Gasteiger partial charge in [-0.05, 0) is 53.1 Å². The second kappa shape index (κ2) is 6.89. The Bertz CT molecular complexity index is 934. The Hall–Kier alpha value is -1.12. The number of benzene rings is 1. The normalized spacial score (nSPS) is 21.2. The average Bonchev–Trinajstić information content (AvgIpc) is 2.97. The Kier molecular flexibility index (Phi) is 4.77. The molecule has 1 fully saturated rings. The van der Waals surface area contributed by atoms with Gasteiger partial charge < -0.3 is 14.0 Å². The summed E-state index contributed by atoms with van der Waals surface area (Å²) < 4.78 is 27.8. The quantitative estimate of drug-likeness (QED) is 0.376. The van der Waals surface area contributed by atoms with E-state index in [0.717, 1.165) is 36.0 Å². The van der Waals surface area contributed by atoms with Crippen molar-refractivity contribution >= 4 is 50.8 Å². The molecule has 0 bridgehead atoms. The third-order valence-electron chi connectivity index (χ3n) is 4.62. The highest BCUT2D eigenvalue weighted by Gasteiger charge is 2.26. The van der Waals surface area contributed by atoms with Crippen LogP contribution in [-0.4, -0.2) is 17.5 Å². The zero-order valence-electron chi connectivity index (χ0n) is 13.4. The number of halogens is 3. The van der Waals surface area contributed by atoms with E-state index in [1.165, 1.54) is 12.1 Å². The van der Waals surface area contributed by atoms with Crippen molar-refractivity contribution in [1.82, 2.24) is 4.57 Å². The van der Waals surface area contributed by atoms with E-state index in [-0.39, 0.29) is 17.6 Å². The summed E-state index contributed by atoms with van der Waals surface area (Å²) in [7, 11) is 0. The van der Waals surface area contributed by atoms with Crippen molar-refractivity contribution in [2.75, 3.05) is 6.61 Å². The summed E-state index contributed by atoms with van der Waals surface area (Å²) in [5, 5.41) is 0.380. The molecule has 7 heteroatoms. The Morgan fingerprint density at radius 3 is 3.00 bits per heavy atom. The van der Waals surface area contributed by atoms with Crippen LogP contribution in [0.3, 0.4) is 0 Å². The molecule has 0 amide bonds.